The van der Waals surface area contributed by atoms with Crippen molar-refractivity contribution >= 4 is 23.2 Å². The number of aryl methyl sites for hydroxylation is 1. The van der Waals surface area contributed by atoms with Crippen molar-refractivity contribution in [2.45, 2.75) is 13.5 Å². The Balaban J connectivity index is 1.74. The Morgan fingerprint density at radius 2 is 1.84 bits per heavy atom. The molecular weight excluding hydrogens is 338 g/mol. The molecule has 5 nitrogen and oxygen atoms in total. The summed E-state index contributed by atoms with van der Waals surface area (Å²) in [7, 11) is 1.65. The van der Waals surface area contributed by atoms with Gasteiger partial charge in [0.25, 0.3) is 5.91 Å². The first kappa shape index (κ1) is 17.2. The number of nitrogens with zero attached hydrogens (tertiary/aromatic N) is 2. The maximum absolute atomic E-state index is 12.2. The van der Waals surface area contributed by atoms with Gasteiger partial charge in [0.2, 0.25) is 0 Å². The molecule has 2 aromatic carbocycles. The maximum Gasteiger partial charge on any atom is 0.255 e. The molecule has 1 amide bonds. The van der Waals surface area contributed by atoms with Gasteiger partial charge in [0.05, 0.1) is 18.0 Å². The van der Waals surface area contributed by atoms with Crippen LogP contribution in [0.2, 0.25) is 5.02 Å². The van der Waals surface area contributed by atoms with Crippen molar-refractivity contribution in [1.82, 2.24) is 9.78 Å². The summed E-state index contributed by atoms with van der Waals surface area (Å²) in [5, 5.41) is 7.97. The Kier molecular flexibility index (Phi) is 5.16. The molecule has 0 unspecified atom stereocenters. The van der Waals surface area contributed by atoms with E-state index >= 15 is 0 Å². The number of halogens is 1. The number of aromatic nitrogens is 2. The van der Waals surface area contributed by atoms with E-state index in [1.54, 1.807) is 31.4 Å². The number of hydrogen-bond acceptors (Lipinski definition) is 3. The standard InChI is InChI=1S/C19H18ClN3O2/c1-13-11-17(12-25-2)22-23(13)18-9-7-16(8-10-18)21-19(24)14-3-5-15(20)6-4-14/h3-11H,12H2,1-2H3,(H,21,24). The molecule has 0 fully saturated rings. The van der Waals surface area contributed by atoms with Crippen molar-refractivity contribution in [2.24, 2.45) is 0 Å². The number of amides is 1. The summed E-state index contributed by atoms with van der Waals surface area (Å²) < 4.78 is 6.96. The molecule has 0 saturated heterocycles. The molecule has 3 aromatic rings. The maximum atomic E-state index is 12.2. The number of nitrogens with one attached hydrogen (secondary N) is 1. The first-order chi connectivity index (χ1) is 12.1. The van der Waals surface area contributed by atoms with E-state index in [4.69, 9.17) is 16.3 Å². The molecule has 0 bridgehead atoms. The van der Waals surface area contributed by atoms with Crippen molar-refractivity contribution < 1.29 is 9.53 Å². The first-order valence-corrected chi connectivity index (χ1v) is 8.16. The largest absolute Gasteiger partial charge is 0.378 e. The van der Waals surface area contributed by atoms with Crippen LogP contribution in [-0.4, -0.2) is 22.8 Å². The van der Waals surface area contributed by atoms with Crippen LogP contribution in [0.5, 0.6) is 0 Å². The average Bonchev–Trinajstić information content (AvgIpc) is 2.97. The second kappa shape index (κ2) is 7.51. The molecule has 1 N–H and O–H groups in total. The lowest BCUT2D eigenvalue weighted by Crippen LogP contribution is -2.11. The summed E-state index contributed by atoms with van der Waals surface area (Å²) in [6.45, 7) is 2.46. The van der Waals surface area contributed by atoms with E-state index in [9.17, 15) is 4.79 Å². The first-order valence-electron chi connectivity index (χ1n) is 7.78. The number of rotatable bonds is 5. The number of carbonyl (C=O) groups excluding carboxylic acids is 1. The quantitative estimate of drug-likeness (QED) is 0.745. The van der Waals surface area contributed by atoms with Crippen LogP contribution in [0, 0.1) is 6.92 Å². The number of methoxy groups -OCH3 is 1. The molecule has 1 heterocycles. The van der Waals surface area contributed by atoms with Gasteiger partial charge in [-0.15, -0.1) is 0 Å². The van der Waals surface area contributed by atoms with Gasteiger partial charge >= 0.3 is 0 Å². The van der Waals surface area contributed by atoms with Crippen LogP contribution >= 0.6 is 11.6 Å². The smallest absolute Gasteiger partial charge is 0.255 e. The highest BCUT2D eigenvalue weighted by Gasteiger charge is 2.08. The van der Waals surface area contributed by atoms with E-state index in [2.05, 4.69) is 10.4 Å². The van der Waals surface area contributed by atoms with E-state index < -0.39 is 0 Å². The minimum Gasteiger partial charge on any atom is -0.378 e. The topological polar surface area (TPSA) is 56.1 Å². The van der Waals surface area contributed by atoms with E-state index in [1.165, 1.54) is 0 Å². The molecule has 25 heavy (non-hydrogen) atoms. The molecule has 0 atom stereocenters. The third-order valence-corrected chi connectivity index (χ3v) is 3.96. The van der Waals surface area contributed by atoms with Gasteiger partial charge in [0.1, 0.15) is 0 Å². The van der Waals surface area contributed by atoms with Crippen LogP contribution in [0.3, 0.4) is 0 Å². The number of hydrogen-bond donors (Lipinski definition) is 1. The summed E-state index contributed by atoms with van der Waals surface area (Å²) in [4.78, 5) is 12.2. The van der Waals surface area contributed by atoms with Crippen LogP contribution in [0.4, 0.5) is 5.69 Å². The molecule has 6 heteroatoms. The van der Waals surface area contributed by atoms with Crippen LogP contribution < -0.4 is 5.32 Å². The highest BCUT2D eigenvalue weighted by molar-refractivity contribution is 6.30. The zero-order valence-corrected chi connectivity index (χ0v) is 14.7. The third-order valence-electron chi connectivity index (χ3n) is 3.71. The Hall–Kier alpha value is -2.63. The monoisotopic (exact) mass is 355 g/mol. The van der Waals surface area contributed by atoms with Gasteiger partial charge in [0, 0.05) is 29.1 Å². The number of carbonyl (C=O) groups is 1. The molecule has 0 radical (unpaired) electrons. The van der Waals surface area contributed by atoms with Gasteiger partial charge in [-0.2, -0.15) is 5.10 Å². The fraction of sp³-hybridized carbons (Fsp3) is 0.158. The summed E-state index contributed by atoms with van der Waals surface area (Å²) in [5.74, 6) is -0.179. The van der Waals surface area contributed by atoms with Crippen molar-refractivity contribution in [3.63, 3.8) is 0 Å². The molecule has 1 aromatic heterocycles. The van der Waals surface area contributed by atoms with Gasteiger partial charge in [-0.1, -0.05) is 11.6 Å². The molecule has 0 aliphatic rings. The van der Waals surface area contributed by atoms with Crippen LogP contribution in [0.25, 0.3) is 5.69 Å². The molecule has 0 aliphatic heterocycles. The average molecular weight is 356 g/mol. The second-order valence-electron chi connectivity index (χ2n) is 5.63. The molecule has 0 aliphatic carbocycles. The lowest BCUT2D eigenvalue weighted by molar-refractivity contribution is 0.102. The fourth-order valence-corrected chi connectivity index (χ4v) is 2.63. The van der Waals surface area contributed by atoms with E-state index in [0.29, 0.717) is 22.9 Å². The molecule has 0 saturated carbocycles. The minimum absolute atomic E-state index is 0.179. The number of benzene rings is 2. The van der Waals surface area contributed by atoms with E-state index in [1.807, 2.05) is 41.9 Å². The summed E-state index contributed by atoms with van der Waals surface area (Å²) in [6, 6.07) is 16.3. The Labute approximate surface area is 151 Å². The highest BCUT2D eigenvalue weighted by Crippen LogP contribution is 2.17. The predicted molar refractivity (Wildman–Crippen MR) is 98.4 cm³/mol. The molecule has 3 rings (SSSR count). The predicted octanol–water partition coefficient (Wildman–Crippen LogP) is 4.23. The van der Waals surface area contributed by atoms with Gasteiger partial charge in [-0.05, 0) is 61.5 Å². The summed E-state index contributed by atoms with van der Waals surface area (Å²) >= 11 is 5.84. The van der Waals surface area contributed by atoms with Gasteiger partial charge < -0.3 is 10.1 Å². The molecule has 0 spiro atoms. The third kappa shape index (κ3) is 4.07. The Morgan fingerprint density at radius 1 is 1.16 bits per heavy atom. The Bertz CT molecular complexity index is 871. The minimum atomic E-state index is -0.179. The van der Waals surface area contributed by atoms with Crippen LogP contribution in [0.1, 0.15) is 21.7 Å². The van der Waals surface area contributed by atoms with Gasteiger partial charge in [-0.3, -0.25) is 4.79 Å². The lowest BCUT2D eigenvalue weighted by Gasteiger charge is -2.08. The van der Waals surface area contributed by atoms with Crippen molar-refractivity contribution in [2.75, 3.05) is 12.4 Å². The Morgan fingerprint density at radius 3 is 2.48 bits per heavy atom. The normalized spacial score (nSPS) is 10.7. The van der Waals surface area contributed by atoms with E-state index in [0.717, 1.165) is 17.1 Å². The highest BCUT2D eigenvalue weighted by atomic mass is 35.5. The number of anilines is 1. The molecular formula is C19H18ClN3O2. The number of ether oxygens (including phenoxy) is 1. The second-order valence-corrected chi connectivity index (χ2v) is 6.07. The van der Waals surface area contributed by atoms with Crippen molar-refractivity contribution in [3.8, 4) is 5.69 Å². The van der Waals surface area contributed by atoms with Gasteiger partial charge in [-0.25, -0.2) is 4.68 Å². The van der Waals surface area contributed by atoms with E-state index in [-0.39, 0.29) is 5.91 Å². The zero-order chi connectivity index (χ0) is 17.8. The van der Waals surface area contributed by atoms with Crippen LogP contribution in [-0.2, 0) is 11.3 Å². The summed E-state index contributed by atoms with van der Waals surface area (Å²) in [6.07, 6.45) is 0. The van der Waals surface area contributed by atoms with Crippen molar-refractivity contribution in [1.29, 1.82) is 0 Å². The lowest BCUT2D eigenvalue weighted by atomic mass is 10.2. The zero-order valence-electron chi connectivity index (χ0n) is 14.0. The molecule has 128 valence electrons. The summed E-state index contributed by atoms with van der Waals surface area (Å²) in [5.41, 5.74) is 4.08. The van der Waals surface area contributed by atoms with Gasteiger partial charge in [0.15, 0.2) is 0 Å². The van der Waals surface area contributed by atoms with Crippen molar-refractivity contribution in [3.05, 3.63) is 76.6 Å². The fourth-order valence-electron chi connectivity index (χ4n) is 2.51. The van der Waals surface area contributed by atoms with Crippen LogP contribution in [0.15, 0.2) is 54.6 Å². The SMILES string of the molecule is COCc1cc(C)n(-c2ccc(NC(=O)c3ccc(Cl)cc3)cc2)n1.